The van der Waals surface area contributed by atoms with Crippen LogP contribution < -0.4 is 9.84 Å². The van der Waals surface area contributed by atoms with E-state index in [1.54, 1.807) is 12.1 Å². The summed E-state index contributed by atoms with van der Waals surface area (Å²) in [5.74, 6) is 0.385. The van der Waals surface area contributed by atoms with Crippen molar-refractivity contribution in [2.75, 3.05) is 0 Å². The molecule has 4 aromatic rings. The van der Waals surface area contributed by atoms with E-state index in [1.165, 1.54) is 0 Å². The number of aromatic nitrogens is 3. The van der Waals surface area contributed by atoms with Gasteiger partial charge in [-0.05, 0) is 57.0 Å². The summed E-state index contributed by atoms with van der Waals surface area (Å²) in [4.78, 5) is 15.2. The predicted molar refractivity (Wildman–Crippen MR) is 116 cm³/mol. The number of fused-ring (bicyclic) bond motifs is 1. The van der Waals surface area contributed by atoms with E-state index in [0.717, 1.165) is 16.5 Å². The number of hydrogen-bond acceptors (Lipinski definition) is 6. The quantitative estimate of drug-likeness (QED) is 0.406. The highest BCUT2D eigenvalue weighted by molar-refractivity contribution is 6.32. The van der Waals surface area contributed by atoms with Crippen LogP contribution in [0.5, 0.6) is 5.75 Å². The van der Waals surface area contributed by atoms with Crippen LogP contribution in [0.2, 0.25) is 5.02 Å². The number of benzene rings is 2. The molecule has 2 aromatic carbocycles. The summed E-state index contributed by atoms with van der Waals surface area (Å²) >= 11 is 6.33. The Morgan fingerprint density at radius 1 is 1.26 bits per heavy atom. The Hall–Kier alpha value is -3.32. The van der Waals surface area contributed by atoms with Crippen LogP contribution in [0.1, 0.15) is 26.7 Å². The zero-order valence-corrected chi connectivity index (χ0v) is 17.9. The summed E-state index contributed by atoms with van der Waals surface area (Å²) in [6.07, 6.45) is 2.47. The summed E-state index contributed by atoms with van der Waals surface area (Å²) in [7, 11) is 0. The number of carboxylic acid groups (broad SMARTS) is 1. The van der Waals surface area contributed by atoms with Gasteiger partial charge < -0.3 is 23.7 Å². The van der Waals surface area contributed by atoms with Crippen LogP contribution in [0.15, 0.2) is 53.2 Å². The van der Waals surface area contributed by atoms with E-state index in [2.05, 4.69) is 10.1 Å². The number of nitrogens with zero attached hydrogens (tertiary/aromatic N) is 3. The van der Waals surface area contributed by atoms with Gasteiger partial charge in [0.15, 0.2) is 0 Å². The summed E-state index contributed by atoms with van der Waals surface area (Å²) in [6, 6.07) is 13.1. The van der Waals surface area contributed by atoms with Crippen molar-refractivity contribution >= 4 is 28.5 Å². The van der Waals surface area contributed by atoms with E-state index >= 15 is 0 Å². The van der Waals surface area contributed by atoms with Crippen molar-refractivity contribution in [3.8, 4) is 28.6 Å². The Morgan fingerprint density at radius 3 is 2.84 bits per heavy atom. The minimum Gasteiger partial charge on any atom is -0.550 e. The number of ether oxygens (including phenoxy) is 1. The summed E-state index contributed by atoms with van der Waals surface area (Å²) < 4.78 is 13.2. The minimum absolute atomic E-state index is 0.0203. The van der Waals surface area contributed by atoms with E-state index in [-0.39, 0.29) is 12.5 Å². The molecule has 0 spiro atoms. The Kier molecular flexibility index (Phi) is 5.95. The first-order chi connectivity index (χ1) is 14.9. The van der Waals surface area contributed by atoms with Crippen molar-refractivity contribution in [1.29, 1.82) is 0 Å². The number of carboxylic acids is 1. The van der Waals surface area contributed by atoms with E-state index in [0.29, 0.717) is 41.0 Å². The lowest BCUT2D eigenvalue weighted by molar-refractivity contribution is -0.305. The van der Waals surface area contributed by atoms with Crippen LogP contribution in [-0.4, -0.2) is 26.8 Å². The highest BCUT2D eigenvalue weighted by Gasteiger charge is 2.16. The number of halogens is 1. The first-order valence-corrected chi connectivity index (χ1v) is 10.4. The monoisotopic (exact) mass is 438 g/mol. The van der Waals surface area contributed by atoms with Crippen LogP contribution in [0, 0.1) is 0 Å². The van der Waals surface area contributed by atoms with E-state index in [1.807, 2.05) is 54.9 Å². The third-order valence-electron chi connectivity index (χ3n) is 4.80. The average molecular weight is 439 g/mol. The van der Waals surface area contributed by atoms with Crippen LogP contribution in [0.4, 0.5) is 0 Å². The smallest absolute Gasteiger partial charge is 0.258 e. The molecule has 0 aliphatic carbocycles. The molecule has 0 saturated carbocycles. The first kappa shape index (κ1) is 20.9. The summed E-state index contributed by atoms with van der Waals surface area (Å²) in [5.41, 5.74) is 2.50. The lowest BCUT2D eigenvalue weighted by atomic mass is 10.1. The van der Waals surface area contributed by atoms with Crippen molar-refractivity contribution in [2.24, 2.45) is 0 Å². The Balaban J connectivity index is 1.61. The van der Waals surface area contributed by atoms with Gasteiger partial charge >= 0.3 is 0 Å². The summed E-state index contributed by atoms with van der Waals surface area (Å²) in [5, 5.41) is 16.3. The molecule has 0 fully saturated rings. The van der Waals surface area contributed by atoms with Gasteiger partial charge in [0.25, 0.3) is 5.89 Å². The molecule has 8 heteroatoms. The van der Waals surface area contributed by atoms with E-state index in [9.17, 15) is 9.90 Å². The maximum Gasteiger partial charge on any atom is 0.258 e. The Bertz CT molecular complexity index is 1230. The maximum absolute atomic E-state index is 10.7. The van der Waals surface area contributed by atoms with Gasteiger partial charge in [-0.1, -0.05) is 28.9 Å². The second kappa shape index (κ2) is 8.81. The second-order valence-electron chi connectivity index (χ2n) is 7.46. The fourth-order valence-corrected chi connectivity index (χ4v) is 3.67. The Morgan fingerprint density at radius 2 is 2.10 bits per heavy atom. The topological polar surface area (TPSA) is 93.2 Å². The van der Waals surface area contributed by atoms with E-state index < -0.39 is 5.97 Å². The van der Waals surface area contributed by atoms with Gasteiger partial charge in [0.1, 0.15) is 5.75 Å². The van der Waals surface area contributed by atoms with Crippen molar-refractivity contribution in [2.45, 2.75) is 39.3 Å². The zero-order chi connectivity index (χ0) is 22.0. The van der Waals surface area contributed by atoms with Gasteiger partial charge in [-0.15, -0.1) is 0 Å². The van der Waals surface area contributed by atoms with Gasteiger partial charge in [0, 0.05) is 40.7 Å². The van der Waals surface area contributed by atoms with E-state index in [4.69, 9.17) is 20.9 Å². The molecular weight excluding hydrogens is 418 g/mol. The van der Waals surface area contributed by atoms with Crippen LogP contribution in [0.25, 0.3) is 33.7 Å². The third kappa shape index (κ3) is 4.56. The molecule has 0 saturated heterocycles. The highest BCUT2D eigenvalue weighted by Crippen LogP contribution is 2.33. The molecule has 2 aromatic heterocycles. The predicted octanol–water partition coefficient (Wildman–Crippen LogP) is 4.33. The van der Waals surface area contributed by atoms with Gasteiger partial charge in [-0.2, -0.15) is 4.98 Å². The summed E-state index contributed by atoms with van der Waals surface area (Å²) in [6.45, 7) is 4.46. The second-order valence-corrected chi connectivity index (χ2v) is 7.87. The molecule has 0 aliphatic heterocycles. The molecule has 0 aliphatic rings. The molecule has 4 rings (SSSR count). The third-order valence-corrected chi connectivity index (χ3v) is 5.10. The normalized spacial score (nSPS) is 11.4. The van der Waals surface area contributed by atoms with Gasteiger partial charge in [-0.3, -0.25) is 0 Å². The lowest BCUT2D eigenvalue weighted by Gasteiger charge is -2.11. The highest BCUT2D eigenvalue weighted by atomic mass is 35.5. The molecule has 0 N–H and O–H groups in total. The van der Waals surface area contributed by atoms with Crippen molar-refractivity contribution in [3.63, 3.8) is 0 Å². The molecule has 0 radical (unpaired) electrons. The van der Waals surface area contributed by atoms with Crippen LogP contribution in [-0.2, 0) is 11.3 Å². The number of aryl methyl sites for hydroxylation is 1. The molecule has 0 unspecified atom stereocenters. The molecule has 0 amide bonds. The number of rotatable bonds is 8. The van der Waals surface area contributed by atoms with Crippen molar-refractivity contribution in [1.82, 2.24) is 14.7 Å². The number of carbonyl (C=O) groups excluding carboxylic acids is 1. The molecule has 7 nitrogen and oxygen atoms in total. The number of hydrogen-bond donors (Lipinski definition) is 0. The van der Waals surface area contributed by atoms with Crippen molar-refractivity contribution in [3.05, 3.63) is 53.7 Å². The standard InChI is InChI=1S/C23H22ClN3O4/c1-14(2)30-20-9-8-15(13-18(20)24)23-25-22(26-31-23)17-5-3-6-19-16(17)10-12-27(19)11-4-7-21(28)29/h3,5-6,8-10,12-14H,4,7,11H2,1-2H3,(H,28,29)/p-1. The van der Waals surface area contributed by atoms with Gasteiger partial charge in [0.05, 0.1) is 11.1 Å². The van der Waals surface area contributed by atoms with Crippen LogP contribution in [0.3, 0.4) is 0 Å². The molecule has 0 atom stereocenters. The Labute approximate surface area is 184 Å². The van der Waals surface area contributed by atoms with Crippen LogP contribution >= 0.6 is 11.6 Å². The lowest BCUT2D eigenvalue weighted by Crippen LogP contribution is -2.22. The fourth-order valence-electron chi connectivity index (χ4n) is 3.44. The molecule has 160 valence electrons. The SMILES string of the molecule is CC(C)Oc1ccc(-c2nc(-c3cccc4c3ccn4CCCC(=O)[O-])no2)cc1Cl. The first-order valence-electron chi connectivity index (χ1n) is 10.0. The number of aliphatic carboxylic acids is 1. The average Bonchev–Trinajstić information content (AvgIpc) is 3.36. The molecule has 0 bridgehead atoms. The number of carbonyl (C=O) groups is 1. The fraction of sp³-hybridized carbons (Fsp3) is 0.261. The maximum atomic E-state index is 10.7. The van der Waals surface area contributed by atoms with Gasteiger partial charge in [0.2, 0.25) is 5.82 Å². The zero-order valence-electron chi connectivity index (χ0n) is 17.2. The largest absolute Gasteiger partial charge is 0.550 e. The van der Waals surface area contributed by atoms with Crippen molar-refractivity contribution < 1.29 is 19.2 Å². The molecule has 2 heterocycles. The molecule has 31 heavy (non-hydrogen) atoms. The minimum atomic E-state index is -1.04. The molecular formula is C23H21ClN3O4-. The van der Waals surface area contributed by atoms with Gasteiger partial charge in [-0.25, -0.2) is 0 Å².